The number of carbonyl (C=O) groups excluding carboxylic acids is 1. The average molecular weight is 169 g/mol. The van der Waals surface area contributed by atoms with Crippen LogP contribution in [0.1, 0.15) is 46.5 Å². The van der Waals surface area contributed by atoms with Crippen molar-refractivity contribution in [2.24, 2.45) is 0 Å². The van der Waals surface area contributed by atoms with Crippen LogP contribution in [0.3, 0.4) is 0 Å². The zero-order chi connectivity index (χ0) is 9.14. The summed E-state index contributed by atoms with van der Waals surface area (Å²) >= 11 is 0. The van der Waals surface area contributed by atoms with Gasteiger partial charge in [0, 0.05) is 18.5 Å². The van der Waals surface area contributed by atoms with Gasteiger partial charge in [-0.25, -0.2) is 0 Å². The third-order valence-electron chi connectivity index (χ3n) is 2.78. The summed E-state index contributed by atoms with van der Waals surface area (Å²) in [6.07, 6.45) is 4.27. The maximum atomic E-state index is 11.5. The van der Waals surface area contributed by atoms with Gasteiger partial charge in [0.05, 0.1) is 0 Å². The highest BCUT2D eigenvalue weighted by atomic mass is 16.2. The maximum Gasteiger partial charge on any atom is 0.222 e. The third kappa shape index (κ3) is 1.79. The number of piperidine rings is 1. The van der Waals surface area contributed by atoms with E-state index in [1.807, 2.05) is 6.92 Å². The van der Waals surface area contributed by atoms with Crippen LogP contribution >= 0.6 is 0 Å². The summed E-state index contributed by atoms with van der Waals surface area (Å²) < 4.78 is 0. The molecule has 2 atom stereocenters. The number of hydrogen-bond acceptors (Lipinski definition) is 1. The second-order valence-electron chi connectivity index (χ2n) is 3.78. The number of likely N-dealkylation sites (tertiary alicyclic amines) is 1. The van der Waals surface area contributed by atoms with Gasteiger partial charge in [-0.2, -0.15) is 0 Å². The molecule has 1 saturated heterocycles. The van der Waals surface area contributed by atoms with Crippen LogP contribution in [-0.4, -0.2) is 22.9 Å². The first-order valence-corrected chi connectivity index (χ1v) is 4.98. The minimum atomic E-state index is 0.315. The van der Waals surface area contributed by atoms with Gasteiger partial charge in [-0.1, -0.05) is 6.92 Å². The predicted octanol–water partition coefficient (Wildman–Crippen LogP) is 2.19. The lowest BCUT2D eigenvalue weighted by atomic mass is 9.97. The van der Waals surface area contributed by atoms with E-state index in [1.54, 1.807) is 0 Å². The van der Waals surface area contributed by atoms with Crippen molar-refractivity contribution in [3.63, 3.8) is 0 Å². The van der Waals surface area contributed by atoms with E-state index in [4.69, 9.17) is 0 Å². The van der Waals surface area contributed by atoms with Crippen LogP contribution < -0.4 is 0 Å². The SMILES string of the molecule is CCC(=O)N1[C@H](C)CCC[C@@H]1C. The first-order valence-electron chi connectivity index (χ1n) is 4.98. The third-order valence-corrected chi connectivity index (χ3v) is 2.78. The number of rotatable bonds is 1. The summed E-state index contributed by atoms with van der Waals surface area (Å²) in [5, 5.41) is 0. The van der Waals surface area contributed by atoms with Crippen molar-refractivity contribution in [2.45, 2.75) is 58.5 Å². The molecule has 1 fully saturated rings. The number of carbonyl (C=O) groups is 1. The Bertz CT molecular complexity index is 157. The predicted molar refractivity (Wildman–Crippen MR) is 49.9 cm³/mol. The second kappa shape index (κ2) is 3.92. The Morgan fingerprint density at radius 3 is 2.25 bits per heavy atom. The topological polar surface area (TPSA) is 20.3 Å². The molecule has 0 saturated carbocycles. The van der Waals surface area contributed by atoms with Crippen molar-refractivity contribution in [1.29, 1.82) is 0 Å². The largest absolute Gasteiger partial charge is 0.337 e. The van der Waals surface area contributed by atoms with Crippen LogP contribution in [0.5, 0.6) is 0 Å². The standard InChI is InChI=1S/C10H19NO/c1-4-10(12)11-8(2)6-5-7-9(11)3/h8-9H,4-7H2,1-3H3/t8-,9+. The fourth-order valence-corrected chi connectivity index (χ4v) is 2.10. The normalized spacial score (nSPS) is 30.4. The molecule has 70 valence electrons. The molecule has 2 nitrogen and oxygen atoms in total. The Kier molecular flexibility index (Phi) is 3.12. The molecule has 0 N–H and O–H groups in total. The Morgan fingerprint density at radius 1 is 1.33 bits per heavy atom. The second-order valence-corrected chi connectivity index (χ2v) is 3.78. The van der Waals surface area contributed by atoms with Crippen molar-refractivity contribution >= 4 is 5.91 Å². The maximum absolute atomic E-state index is 11.5. The highest BCUT2D eigenvalue weighted by Crippen LogP contribution is 2.22. The smallest absolute Gasteiger partial charge is 0.222 e. The van der Waals surface area contributed by atoms with E-state index in [9.17, 15) is 4.79 Å². The number of hydrogen-bond donors (Lipinski definition) is 0. The van der Waals surface area contributed by atoms with Crippen molar-refractivity contribution in [1.82, 2.24) is 4.90 Å². The summed E-state index contributed by atoms with van der Waals surface area (Å²) in [5.74, 6) is 0.315. The van der Waals surface area contributed by atoms with Crippen molar-refractivity contribution in [3.8, 4) is 0 Å². The Balaban J connectivity index is 2.62. The Hall–Kier alpha value is -0.530. The van der Waals surface area contributed by atoms with E-state index in [2.05, 4.69) is 18.7 Å². The van der Waals surface area contributed by atoms with Crippen molar-refractivity contribution in [2.75, 3.05) is 0 Å². The lowest BCUT2D eigenvalue weighted by molar-refractivity contribution is -0.136. The summed E-state index contributed by atoms with van der Waals surface area (Å²) in [6.45, 7) is 6.25. The quantitative estimate of drug-likeness (QED) is 0.589. The monoisotopic (exact) mass is 169 g/mol. The highest BCUT2D eigenvalue weighted by Gasteiger charge is 2.27. The van der Waals surface area contributed by atoms with Crippen LogP contribution in [0.4, 0.5) is 0 Å². The van der Waals surface area contributed by atoms with Crippen molar-refractivity contribution in [3.05, 3.63) is 0 Å². The van der Waals surface area contributed by atoms with E-state index in [-0.39, 0.29) is 0 Å². The average Bonchev–Trinajstić information content (AvgIpc) is 2.03. The molecule has 0 unspecified atom stereocenters. The highest BCUT2D eigenvalue weighted by molar-refractivity contribution is 5.76. The minimum Gasteiger partial charge on any atom is -0.337 e. The van der Waals surface area contributed by atoms with Gasteiger partial charge in [-0.05, 0) is 33.1 Å². The zero-order valence-corrected chi connectivity index (χ0v) is 8.34. The first-order chi connectivity index (χ1) is 5.66. The summed E-state index contributed by atoms with van der Waals surface area (Å²) in [6, 6.07) is 0.919. The number of amides is 1. The molecule has 0 aliphatic carbocycles. The fraction of sp³-hybridized carbons (Fsp3) is 0.900. The van der Waals surface area contributed by atoms with E-state index < -0.39 is 0 Å². The molecule has 0 bridgehead atoms. The Morgan fingerprint density at radius 2 is 1.83 bits per heavy atom. The molecule has 2 heteroatoms. The molecule has 0 spiro atoms. The lowest BCUT2D eigenvalue weighted by Gasteiger charge is -2.39. The molecule has 1 heterocycles. The molecule has 1 aliphatic rings. The molecule has 0 aromatic heterocycles. The molecule has 0 aromatic carbocycles. The van der Waals surface area contributed by atoms with Gasteiger partial charge < -0.3 is 4.90 Å². The number of nitrogens with zero attached hydrogens (tertiary/aromatic N) is 1. The first kappa shape index (κ1) is 9.56. The van der Waals surface area contributed by atoms with Crippen molar-refractivity contribution < 1.29 is 4.79 Å². The molecule has 1 aliphatic heterocycles. The summed E-state index contributed by atoms with van der Waals surface area (Å²) in [5.41, 5.74) is 0. The molecule has 0 radical (unpaired) electrons. The van der Waals surface area contributed by atoms with Gasteiger partial charge >= 0.3 is 0 Å². The molecule has 1 amide bonds. The van der Waals surface area contributed by atoms with Crippen LogP contribution in [0.25, 0.3) is 0 Å². The summed E-state index contributed by atoms with van der Waals surface area (Å²) in [7, 11) is 0. The lowest BCUT2D eigenvalue weighted by Crippen LogP contribution is -2.47. The zero-order valence-electron chi connectivity index (χ0n) is 8.34. The Labute approximate surface area is 74.9 Å². The van der Waals surface area contributed by atoms with E-state index in [0.717, 1.165) is 0 Å². The van der Waals surface area contributed by atoms with E-state index in [0.29, 0.717) is 24.4 Å². The van der Waals surface area contributed by atoms with Gasteiger partial charge in [0.25, 0.3) is 0 Å². The summed E-state index contributed by atoms with van der Waals surface area (Å²) in [4.78, 5) is 13.6. The van der Waals surface area contributed by atoms with Crippen LogP contribution in [0, 0.1) is 0 Å². The van der Waals surface area contributed by atoms with Gasteiger partial charge in [0.2, 0.25) is 5.91 Å². The molecule has 1 rings (SSSR count). The fourth-order valence-electron chi connectivity index (χ4n) is 2.10. The van der Waals surface area contributed by atoms with Crippen LogP contribution in [-0.2, 0) is 4.79 Å². The van der Waals surface area contributed by atoms with E-state index >= 15 is 0 Å². The van der Waals surface area contributed by atoms with Gasteiger partial charge in [-0.3, -0.25) is 4.79 Å². The van der Waals surface area contributed by atoms with Gasteiger partial charge in [0.15, 0.2) is 0 Å². The molecule has 0 aromatic rings. The van der Waals surface area contributed by atoms with E-state index in [1.165, 1.54) is 19.3 Å². The van der Waals surface area contributed by atoms with Crippen LogP contribution in [0.15, 0.2) is 0 Å². The molecular formula is C10H19NO. The molecular weight excluding hydrogens is 150 g/mol. The van der Waals surface area contributed by atoms with Crippen LogP contribution in [0.2, 0.25) is 0 Å². The molecule has 12 heavy (non-hydrogen) atoms. The minimum absolute atomic E-state index is 0.315. The van der Waals surface area contributed by atoms with Gasteiger partial charge in [0.1, 0.15) is 0 Å². The van der Waals surface area contributed by atoms with Gasteiger partial charge in [-0.15, -0.1) is 0 Å².